The molecule has 0 spiro atoms. The van der Waals surface area contributed by atoms with Gasteiger partial charge in [0, 0.05) is 18.0 Å². The maximum atomic E-state index is 8.95. The van der Waals surface area contributed by atoms with Crippen LogP contribution in [0.2, 0.25) is 0 Å². The number of hydrogen-bond donors (Lipinski definition) is 1. The number of rotatable bonds is 6. The van der Waals surface area contributed by atoms with E-state index in [-0.39, 0.29) is 6.61 Å². The Labute approximate surface area is 133 Å². The van der Waals surface area contributed by atoms with E-state index in [2.05, 4.69) is 10.2 Å². The number of nitrogens with zero attached hydrogens (tertiary/aromatic N) is 3. The van der Waals surface area contributed by atoms with E-state index in [1.165, 1.54) is 0 Å². The molecule has 1 aromatic carbocycles. The fraction of sp³-hybridized carbons (Fsp3) is 0.250. The Hall–Kier alpha value is -2.05. The number of hydrogen-bond acceptors (Lipinski definition) is 5. The van der Waals surface area contributed by atoms with Crippen LogP contribution < -0.4 is 0 Å². The highest BCUT2D eigenvalue weighted by atomic mass is 32.2. The first-order valence-electron chi connectivity index (χ1n) is 7.10. The lowest BCUT2D eigenvalue weighted by Crippen LogP contribution is -2.00. The topological polar surface area (TPSA) is 64.1 Å². The summed E-state index contributed by atoms with van der Waals surface area (Å²) in [6.45, 7) is 2.10. The molecule has 0 saturated carbocycles. The van der Waals surface area contributed by atoms with Gasteiger partial charge in [0.05, 0.1) is 11.8 Å². The molecule has 5 nitrogen and oxygen atoms in total. The van der Waals surface area contributed by atoms with Crippen molar-refractivity contribution in [3.8, 4) is 17.1 Å². The number of aliphatic hydroxyl groups excluding tert-OH is 1. The zero-order valence-electron chi connectivity index (χ0n) is 12.3. The molecule has 3 rings (SSSR count). The third kappa shape index (κ3) is 2.93. The van der Waals surface area contributed by atoms with Crippen LogP contribution in [0, 0.1) is 6.92 Å². The second-order valence-corrected chi connectivity index (χ2v) is 5.86. The van der Waals surface area contributed by atoms with Gasteiger partial charge in [-0.05, 0) is 31.5 Å². The molecule has 0 amide bonds. The Balaban J connectivity index is 2.05. The zero-order valence-corrected chi connectivity index (χ0v) is 13.1. The van der Waals surface area contributed by atoms with E-state index >= 15 is 0 Å². The van der Waals surface area contributed by atoms with Gasteiger partial charge < -0.3 is 9.52 Å². The van der Waals surface area contributed by atoms with Gasteiger partial charge in [-0.25, -0.2) is 0 Å². The Kier molecular flexibility index (Phi) is 4.60. The zero-order chi connectivity index (χ0) is 15.4. The Morgan fingerprint density at radius 1 is 1.18 bits per heavy atom. The quantitative estimate of drug-likeness (QED) is 0.558. The highest BCUT2D eigenvalue weighted by Gasteiger charge is 2.18. The van der Waals surface area contributed by atoms with E-state index in [0.717, 1.165) is 40.2 Å². The minimum absolute atomic E-state index is 0.181. The summed E-state index contributed by atoms with van der Waals surface area (Å²) in [6.07, 6.45) is 2.39. The average Bonchev–Trinajstić information content (AvgIpc) is 3.14. The fourth-order valence-electron chi connectivity index (χ4n) is 2.19. The maximum Gasteiger partial charge on any atom is 0.196 e. The van der Waals surface area contributed by atoms with Crippen molar-refractivity contribution in [2.24, 2.45) is 0 Å². The predicted molar refractivity (Wildman–Crippen MR) is 86.2 cm³/mol. The van der Waals surface area contributed by atoms with Crippen molar-refractivity contribution in [2.75, 3.05) is 12.4 Å². The van der Waals surface area contributed by atoms with Crippen LogP contribution in [-0.4, -0.2) is 32.2 Å². The van der Waals surface area contributed by atoms with Gasteiger partial charge in [-0.15, -0.1) is 10.2 Å². The molecule has 2 heterocycles. The molecule has 0 bridgehead atoms. The number of para-hydroxylation sites is 1. The van der Waals surface area contributed by atoms with Crippen molar-refractivity contribution in [1.82, 2.24) is 14.8 Å². The number of furan rings is 1. The van der Waals surface area contributed by atoms with Crippen LogP contribution in [0.15, 0.2) is 52.2 Å². The summed E-state index contributed by atoms with van der Waals surface area (Å²) in [7, 11) is 0. The predicted octanol–water partition coefficient (Wildman–Crippen LogP) is 3.31. The van der Waals surface area contributed by atoms with E-state index < -0.39 is 0 Å². The standard InChI is InChI=1S/C16H17N3O2S/c1-12-14(8-10-21-12)15-17-18-16(22-11-5-9-20)19(15)13-6-3-2-4-7-13/h2-4,6-8,10,20H,5,9,11H2,1H3. The second kappa shape index (κ2) is 6.81. The number of aromatic nitrogens is 3. The van der Waals surface area contributed by atoms with Gasteiger partial charge in [-0.1, -0.05) is 30.0 Å². The largest absolute Gasteiger partial charge is 0.469 e. The number of aryl methyl sites for hydroxylation is 1. The van der Waals surface area contributed by atoms with Crippen LogP contribution in [0.25, 0.3) is 17.1 Å². The van der Waals surface area contributed by atoms with Crippen molar-refractivity contribution in [1.29, 1.82) is 0 Å². The van der Waals surface area contributed by atoms with Crippen molar-refractivity contribution < 1.29 is 9.52 Å². The molecule has 3 aromatic rings. The molecule has 2 aromatic heterocycles. The monoisotopic (exact) mass is 315 g/mol. The minimum Gasteiger partial charge on any atom is -0.469 e. The van der Waals surface area contributed by atoms with Crippen LogP contribution >= 0.6 is 11.8 Å². The lowest BCUT2D eigenvalue weighted by molar-refractivity contribution is 0.296. The van der Waals surface area contributed by atoms with Gasteiger partial charge in [0.25, 0.3) is 0 Å². The van der Waals surface area contributed by atoms with E-state index in [0.29, 0.717) is 0 Å². The van der Waals surface area contributed by atoms with E-state index in [1.54, 1.807) is 18.0 Å². The third-order valence-electron chi connectivity index (χ3n) is 3.28. The molecule has 6 heteroatoms. The number of aliphatic hydroxyl groups is 1. The summed E-state index contributed by atoms with van der Waals surface area (Å²) < 4.78 is 7.42. The summed E-state index contributed by atoms with van der Waals surface area (Å²) in [6, 6.07) is 11.9. The van der Waals surface area contributed by atoms with Gasteiger partial charge in [-0.3, -0.25) is 4.57 Å². The van der Waals surface area contributed by atoms with Crippen LogP contribution in [0.3, 0.4) is 0 Å². The molecule has 0 aliphatic carbocycles. The molecule has 0 radical (unpaired) electrons. The van der Waals surface area contributed by atoms with Gasteiger partial charge in [-0.2, -0.15) is 0 Å². The van der Waals surface area contributed by atoms with Gasteiger partial charge >= 0.3 is 0 Å². The molecule has 0 aliphatic heterocycles. The number of thioether (sulfide) groups is 1. The molecule has 0 saturated heterocycles. The van der Waals surface area contributed by atoms with Crippen LogP contribution in [0.4, 0.5) is 0 Å². The number of benzene rings is 1. The van der Waals surface area contributed by atoms with Crippen LogP contribution in [0.1, 0.15) is 12.2 Å². The third-order valence-corrected chi connectivity index (χ3v) is 4.30. The molecule has 0 fully saturated rings. The molecule has 114 valence electrons. The van der Waals surface area contributed by atoms with Gasteiger partial charge in [0.2, 0.25) is 0 Å². The molecule has 22 heavy (non-hydrogen) atoms. The van der Waals surface area contributed by atoms with Crippen molar-refractivity contribution in [3.05, 3.63) is 48.4 Å². The molecule has 0 unspecified atom stereocenters. The van der Waals surface area contributed by atoms with E-state index in [4.69, 9.17) is 9.52 Å². The molecule has 1 N–H and O–H groups in total. The highest BCUT2D eigenvalue weighted by Crippen LogP contribution is 2.30. The van der Waals surface area contributed by atoms with Crippen molar-refractivity contribution in [2.45, 2.75) is 18.5 Å². The highest BCUT2D eigenvalue weighted by molar-refractivity contribution is 7.99. The first-order chi connectivity index (χ1) is 10.8. The second-order valence-electron chi connectivity index (χ2n) is 4.79. The Morgan fingerprint density at radius 2 is 2.00 bits per heavy atom. The fourth-order valence-corrected chi connectivity index (χ4v) is 3.07. The molecule has 0 atom stereocenters. The Morgan fingerprint density at radius 3 is 2.68 bits per heavy atom. The molecule has 0 aliphatic rings. The average molecular weight is 315 g/mol. The van der Waals surface area contributed by atoms with Crippen LogP contribution in [-0.2, 0) is 0 Å². The lowest BCUT2D eigenvalue weighted by Gasteiger charge is -2.09. The van der Waals surface area contributed by atoms with E-state index in [9.17, 15) is 0 Å². The summed E-state index contributed by atoms with van der Waals surface area (Å²) in [5.41, 5.74) is 1.94. The normalized spacial score (nSPS) is 11.0. The molecular formula is C16H17N3O2S. The first kappa shape index (κ1) is 14.9. The van der Waals surface area contributed by atoms with Crippen molar-refractivity contribution >= 4 is 11.8 Å². The smallest absolute Gasteiger partial charge is 0.196 e. The maximum absolute atomic E-state index is 8.95. The summed E-state index contributed by atoms with van der Waals surface area (Å²) >= 11 is 1.59. The Bertz CT molecular complexity index is 737. The van der Waals surface area contributed by atoms with Crippen molar-refractivity contribution in [3.63, 3.8) is 0 Å². The summed E-state index contributed by atoms with van der Waals surface area (Å²) in [4.78, 5) is 0. The SMILES string of the molecule is Cc1occc1-c1nnc(SCCCO)n1-c1ccccc1. The lowest BCUT2D eigenvalue weighted by atomic mass is 10.2. The van der Waals surface area contributed by atoms with Gasteiger partial charge in [0.1, 0.15) is 5.76 Å². The first-order valence-corrected chi connectivity index (χ1v) is 8.09. The van der Waals surface area contributed by atoms with Crippen LogP contribution in [0.5, 0.6) is 0 Å². The van der Waals surface area contributed by atoms with Gasteiger partial charge in [0.15, 0.2) is 11.0 Å². The van der Waals surface area contributed by atoms with E-state index in [1.807, 2.05) is 47.9 Å². The summed E-state index contributed by atoms with van der Waals surface area (Å²) in [5.74, 6) is 2.38. The molecular weight excluding hydrogens is 298 g/mol. The minimum atomic E-state index is 0.181. The summed E-state index contributed by atoms with van der Waals surface area (Å²) in [5, 5.41) is 18.4.